The standard InChI is InChI=1S/C21H21FN2O3S/c1-13(2)27-18-8-7-15(10-19(18)26-3)21-24-17(12-28-21)20(25)23-11-14-5-4-6-16(22)9-14/h4-10,12-13H,11H2,1-3H3,(H,23,25). The van der Waals surface area contributed by atoms with Crippen LogP contribution in [0.25, 0.3) is 10.6 Å². The summed E-state index contributed by atoms with van der Waals surface area (Å²) in [6.07, 6.45) is 0.0352. The summed E-state index contributed by atoms with van der Waals surface area (Å²) in [6.45, 7) is 4.13. The molecule has 1 aromatic heterocycles. The fourth-order valence-electron chi connectivity index (χ4n) is 2.58. The maximum absolute atomic E-state index is 13.2. The highest BCUT2D eigenvalue weighted by Crippen LogP contribution is 2.34. The fourth-order valence-corrected chi connectivity index (χ4v) is 3.38. The van der Waals surface area contributed by atoms with Crippen molar-refractivity contribution in [1.29, 1.82) is 0 Å². The van der Waals surface area contributed by atoms with E-state index in [1.807, 2.05) is 32.0 Å². The van der Waals surface area contributed by atoms with E-state index in [1.54, 1.807) is 24.6 Å². The van der Waals surface area contributed by atoms with Crippen molar-refractivity contribution in [2.24, 2.45) is 0 Å². The number of nitrogens with zero attached hydrogens (tertiary/aromatic N) is 1. The highest BCUT2D eigenvalue weighted by molar-refractivity contribution is 7.13. The molecule has 0 aliphatic rings. The average Bonchev–Trinajstić information content (AvgIpc) is 3.16. The second-order valence-corrected chi connectivity index (χ2v) is 7.24. The van der Waals surface area contributed by atoms with Crippen LogP contribution in [0.1, 0.15) is 29.9 Å². The van der Waals surface area contributed by atoms with Gasteiger partial charge in [-0.1, -0.05) is 12.1 Å². The number of aromatic nitrogens is 1. The minimum Gasteiger partial charge on any atom is -0.493 e. The van der Waals surface area contributed by atoms with Gasteiger partial charge in [-0.25, -0.2) is 9.37 Å². The largest absolute Gasteiger partial charge is 0.493 e. The van der Waals surface area contributed by atoms with Gasteiger partial charge in [-0.05, 0) is 49.7 Å². The molecule has 0 unspecified atom stereocenters. The van der Waals surface area contributed by atoms with Crippen molar-refractivity contribution in [3.8, 4) is 22.1 Å². The van der Waals surface area contributed by atoms with Gasteiger partial charge >= 0.3 is 0 Å². The van der Waals surface area contributed by atoms with E-state index in [2.05, 4.69) is 10.3 Å². The van der Waals surface area contributed by atoms with Crippen LogP contribution in [0.15, 0.2) is 47.8 Å². The lowest BCUT2D eigenvalue weighted by Gasteiger charge is -2.14. The van der Waals surface area contributed by atoms with Crippen LogP contribution in [0.5, 0.6) is 11.5 Å². The second kappa shape index (κ2) is 8.84. The predicted molar refractivity (Wildman–Crippen MR) is 107 cm³/mol. The van der Waals surface area contributed by atoms with Gasteiger partial charge in [0.1, 0.15) is 16.5 Å². The minimum atomic E-state index is -0.332. The maximum Gasteiger partial charge on any atom is 0.271 e. The van der Waals surface area contributed by atoms with Gasteiger partial charge in [0.05, 0.1) is 13.2 Å². The van der Waals surface area contributed by atoms with Gasteiger partial charge < -0.3 is 14.8 Å². The summed E-state index contributed by atoms with van der Waals surface area (Å²) < 4.78 is 24.3. The van der Waals surface area contributed by atoms with Gasteiger partial charge in [0, 0.05) is 17.5 Å². The third-order valence-electron chi connectivity index (χ3n) is 3.85. The van der Waals surface area contributed by atoms with Gasteiger partial charge in [-0.3, -0.25) is 4.79 Å². The van der Waals surface area contributed by atoms with E-state index in [0.29, 0.717) is 27.8 Å². The molecule has 5 nitrogen and oxygen atoms in total. The lowest BCUT2D eigenvalue weighted by Crippen LogP contribution is -2.23. The zero-order valence-electron chi connectivity index (χ0n) is 15.9. The average molecular weight is 400 g/mol. The Morgan fingerprint density at radius 3 is 2.75 bits per heavy atom. The normalized spacial score (nSPS) is 10.8. The van der Waals surface area contributed by atoms with E-state index in [4.69, 9.17) is 9.47 Å². The van der Waals surface area contributed by atoms with Crippen LogP contribution in [0.3, 0.4) is 0 Å². The fraction of sp³-hybridized carbons (Fsp3) is 0.238. The molecule has 1 amide bonds. The van der Waals surface area contributed by atoms with Crippen molar-refractivity contribution < 1.29 is 18.7 Å². The smallest absolute Gasteiger partial charge is 0.271 e. The van der Waals surface area contributed by atoms with E-state index >= 15 is 0 Å². The van der Waals surface area contributed by atoms with Gasteiger partial charge in [-0.15, -0.1) is 11.3 Å². The van der Waals surface area contributed by atoms with Gasteiger partial charge in [0.25, 0.3) is 5.91 Å². The first-order valence-corrected chi connectivity index (χ1v) is 9.67. The molecule has 7 heteroatoms. The first-order chi connectivity index (χ1) is 13.5. The number of nitrogens with one attached hydrogen (secondary N) is 1. The Kier molecular flexibility index (Phi) is 6.26. The lowest BCUT2D eigenvalue weighted by molar-refractivity contribution is 0.0946. The molecule has 146 valence electrons. The summed E-state index contributed by atoms with van der Waals surface area (Å²) in [6, 6.07) is 11.7. The van der Waals surface area contributed by atoms with Crippen LogP contribution in [0.2, 0.25) is 0 Å². The van der Waals surface area contributed by atoms with Crippen LogP contribution in [-0.2, 0) is 6.54 Å². The summed E-state index contributed by atoms with van der Waals surface area (Å²) in [5.41, 5.74) is 1.84. The number of carbonyl (C=O) groups is 1. The first-order valence-electron chi connectivity index (χ1n) is 8.79. The van der Waals surface area contributed by atoms with Crippen molar-refractivity contribution in [2.75, 3.05) is 7.11 Å². The number of carbonyl (C=O) groups excluding carboxylic acids is 1. The van der Waals surface area contributed by atoms with Gasteiger partial charge in [0.15, 0.2) is 11.5 Å². The predicted octanol–water partition coefficient (Wildman–Crippen LogP) is 4.68. The van der Waals surface area contributed by atoms with Crippen LogP contribution >= 0.6 is 11.3 Å². The van der Waals surface area contributed by atoms with E-state index in [9.17, 15) is 9.18 Å². The number of benzene rings is 2. The molecule has 2 aromatic carbocycles. The Morgan fingerprint density at radius 2 is 2.04 bits per heavy atom. The number of methoxy groups -OCH3 is 1. The Balaban J connectivity index is 1.71. The molecular formula is C21H21FN2O3S. The van der Waals surface area contributed by atoms with E-state index < -0.39 is 0 Å². The second-order valence-electron chi connectivity index (χ2n) is 6.38. The zero-order valence-corrected chi connectivity index (χ0v) is 16.7. The lowest BCUT2D eigenvalue weighted by atomic mass is 10.2. The quantitative estimate of drug-likeness (QED) is 0.626. The van der Waals surface area contributed by atoms with Gasteiger partial charge in [-0.2, -0.15) is 0 Å². The molecule has 0 saturated carbocycles. The molecule has 0 fully saturated rings. The van der Waals surface area contributed by atoms with Crippen LogP contribution in [0.4, 0.5) is 4.39 Å². The number of ether oxygens (including phenoxy) is 2. The third kappa shape index (κ3) is 4.86. The number of rotatable bonds is 7. The Hall–Kier alpha value is -2.93. The summed E-state index contributed by atoms with van der Waals surface area (Å²) >= 11 is 1.37. The van der Waals surface area contributed by atoms with E-state index in [0.717, 1.165) is 5.56 Å². The number of hydrogen-bond acceptors (Lipinski definition) is 5. The number of hydrogen-bond donors (Lipinski definition) is 1. The molecule has 0 atom stereocenters. The Labute approximate surface area is 167 Å². The molecule has 28 heavy (non-hydrogen) atoms. The van der Waals surface area contributed by atoms with Crippen molar-refractivity contribution in [3.63, 3.8) is 0 Å². The summed E-state index contributed by atoms with van der Waals surface area (Å²) in [5.74, 6) is 0.629. The molecule has 0 aliphatic heterocycles. The number of halogens is 1. The SMILES string of the molecule is COc1cc(-c2nc(C(=O)NCc3cccc(F)c3)cs2)ccc1OC(C)C. The van der Waals surface area contributed by atoms with Crippen molar-refractivity contribution in [3.05, 3.63) is 64.9 Å². The van der Waals surface area contributed by atoms with Crippen molar-refractivity contribution in [1.82, 2.24) is 10.3 Å². The molecule has 1 heterocycles. The topological polar surface area (TPSA) is 60.5 Å². The number of thiazole rings is 1. The van der Waals surface area contributed by atoms with Crippen LogP contribution in [-0.4, -0.2) is 24.1 Å². The molecule has 0 spiro atoms. The zero-order chi connectivity index (χ0) is 20.1. The van der Waals surface area contributed by atoms with E-state index in [1.165, 1.54) is 23.5 Å². The Morgan fingerprint density at radius 1 is 1.21 bits per heavy atom. The molecule has 0 aliphatic carbocycles. The van der Waals surface area contributed by atoms with Crippen LogP contribution < -0.4 is 14.8 Å². The third-order valence-corrected chi connectivity index (χ3v) is 4.74. The molecular weight excluding hydrogens is 379 g/mol. The molecule has 0 bridgehead atoms. The maximum atomic E-state index is 13.2. The van der Waals surface area contributed by atoms with Crippen molar-refractivity contribution >= 4 is 17.2 Å². The summed E-state index contributed by atoms with van der Waals surface area (Å²) in [5, 5.41) is 5.15. The highest BCUT2D eigenvalue weighted by atomic mass is 32.1. The summed E-state index contributed by atoms with van der Waals surface area (Å²) in [4.78, 5) is 16.8. The van der Waals surface area contributed by atoms with Gasteiger partial charge in [0.2, 0.25) is 0 Å². The molecule has 0 saturated heterocycles. The van der Waals surface area contributed by atoms with Crippen molar-refractivity contribution in [2.45, 2.75) is 26.5 Å². The van der Waals surface area contributed by atoms with Crippen LogP contribution in [0, 0.1) is 5.82 Å². The molecule has 0 radical (unpaired) electrons. The monoisotopic (exact) mass is 400 g/mol. The van der Waals surface area contributed by atoms with E-state index in [-0.39, 0.29) is 24.4 Å². The first kappa shape index (κ1) is 19.8. The highest BCUT2D eigenvalue weighted by Gasteiger charge is 2.14. The molecule has 3 rings (SSSR count). The summed E-state index contributed by atoms with van der Waals surface area (Å²) in [7, 11) is 1.58. The molecule has 3 aromatic rings. The minimum absolute atomic E-state index is 0.0352. The Bertz CT molecular complexity index is 972. The number of amides is 1. The molecule has 1 N–H and O–H groups in total.